The van der Waals surface area contributed by atoms with Crippen LogP contribution in [0.25, 0.3) is 105 Å². The fourth-order valence-electron chi connectivity index (χ4n) is 7.76. The van der Waals surface area contributed by atoms with Gasteiger partial charge in [-0.15, -0.1) is 64.9 Å². The number of fused-ring (bicyclic) bond motifs is 7. The van der Waals surface area contributed by atoms with Crippen molar-refractivity contribution >= 4 is 49.2 Å². The second-order valence-corrected chi connectivity index (χ2v) is 12.5. The minimum atomic E-state index is 0. The molecule has 2 aliphatic rings. The third-order valence-corrected chi connectivity index (χ3v) is 9.83. The van der Waals surface area contributed by atoms with Crippen LogP contribution in [0.15, 0.2) is 122 Å². The molecule has 9 aromatic carbocycles. The third kappa shape index (κ3) is 6.88. The van der Waals surface area contributed by atoms with E-state index in [1.807, 2.05) is 60.7 Å². The van der Waals surface area contributed by atoms with E-state index in [0.717, 1.165) is 66.6 Å². The summed E-state index contributed by atoms with van der Waals surface area (Å²) in [5, 5.41) is 9.69. The Balaban J connectivity index is 0.000000172. The largest absolute Gasteiger partial charge is 0.504 e. The first-order valence-electron chi connectivity index (χ1n) is 16.5. The van der Waals surface area contributed by atoms with Gasteiger partial charge >= 0.3 is 0 Å². The number of benzene rings is 9. The molecule has 0 saturated heterocycles. The number of ether oxygens (including phenoxy) is 1. The molecule has 0 N–H and O–H groups in total. The van der Waals surface area contributed by atoms with E-state index in [9.17, 15) is 0 Å². The van der Waals surface area contributed by atoms with E-state index >= 15 is 0 Å². The molecule has 1 nitrogen and oxygen atoms in total. The Morgan fingerprint density at radius 2 is 0.759 bits per heavy atom. The van der Waals surface area contributed by atoms with Gasteiger partial charge in [-0.25, -0.2) is 55.3 Å². The Bertz CT molecular complexity index is 2770. The molecule has 9 aromatic rings. The molecule has 246 valence electrons. The zero-order chi connectivity index (χ0) is 33.2. The number of hydrogen-bond donors (Lipinski definition) is 0. The maximum absolute atomic E-state index is 5.16. The van der Waals surface area contributed by atoms with Crippen molar-refractivity contribution in [3.05, 3.63) is 176 Å². The van der Waals surface area contributed by atoms with Crippen LogP contribution in [0.3, 0.4) is 0 Å². The van der Waals surface area contributed by atoms with Crippen LogP contribution in [0, 0.1) is 48.5 Å². The van der Waals surface area contributed by atoms with Crippen molar-refractivity contribution in [1.29, 1.82) is 0 Å². The van der Waals surface area contributed by atoms with Gasteiger partial charge < -0.3 is 4.74 Å². The van der Waals surface area contributed by atoms with Crippen LogP contribution >= 0.6 is 0 Å². The molecule has 2 aliphatic carbocycles. The van der Waals surface area contributed by atoms with E-state index in [-0.39, 0.29) is 131 Å². The van der Waals surface area contributed by atoms with Gasteiger partial charge in [0.1, 0.15) is 0 Å². The molecule has 4 radical (unpaired) electrons. The maximum atomic E-state index is 5.16. The van der Waals surface area contributed by atoms with Gasteiger partial charge in [0.15, 0.2) is 0 Å². The average molecular weight is 984 g/mol. The Morgan fingerprint density at radius 3 is 1.24 bits per heavy atom. The summed E-state index contributed by atoms with van der Waals surface area (Å²) >= 11 is 0. The van der Waals surface area contributed by atoms with E-state index < -0.39 is 0 Å². The maximum Gasteiger partial charge on any atom is 0.0814 e. The summed E-state index contributed by atoms with van der Waals surface area (Å²) < 4.78 is 5.16. The van der Waals surface area contributed by atoms with Crippen molar-refractivity contribution in [1.82, 2.24) is 0 Å². The molecule has 0 saturated carbocycles. The SMILES string of the molecule is CO/C=C/c1cc[c-]c2c1-c1ccc[c-]c1-c1[c-]ccc3cc[c-]c-2c13.[Y].[Y].[Y].[Y].[c-]1ccc2cc[c-]c3c2c1-c1[c-]ccc2ccc4cc[c-]c-3c4c12. The van der Waals surface area contributed by atoms with E-state index in [1.54, 1.807) is 13.4 Å². The molecular weight excluding hydrogens is 960 g/mol. The molecule has 0 aliphatic heterocycles. The number of methoxy groups -OCH3 is 1. The quantitative estimate of drug-likeness (QED) is 0.0953. The summed E-state index contributed by atoms with van der Waals surface area (Å²) in [6.07, 6.45) is 3.69. The second kappa shape index (κ2) is 17.6. The molecule has 11 rings (SSSR count). The Hall–Kier alpha value is -2.02. The molecule has 0 bridgehead atoms. The molecule has 0 aromatic heterocycles. The molecule has 0 amide bonds. The molecule has 0 unspecified atom stereocenters. The summed E-state index contributed by atoms with van der Waals surface area (Å²) in [7, 11) is 1.66. The molecule has 0 fully saturated rings. The van der Waals surface area contributed by atoms with Gasteiger partial charge in [-0.1, -0.05) is 12.1 Å². The summed E-state index contributed by atoms with van der Waals surface area (Å²) in [6, 6.07) is 66.9. The van der Waals surface area contributed by atoms with Crippen molar-refractivity contribution in [3.8, 4) is 55.6 Å². The minimum absolute atomic E-state index is 0. The molecule has 0 heterocycles. The molecular formula is C49H24OY4-8. The van der Waals surface area contributed by atoms with E-state index in [2.05, 4.69) is 109 Å². The van der Waals surface area contributed by atoms with Crippen molar-refractivity contribution < 1.29 is 136 Å². The normalized spacial score (nSPS) is 11.1. The fourth-order valence-corrected chi connectivity index (χ4v) is 7.76. The van der Waals surface area contributed by atoms with Gasteiger partial charge in [0, 0.05) is 131 Å². The van der Waals surface area contributed by atoms with Gasteiger partial charge in [-0.3, -0.25) is 0 Å². The Kier molecular flexibility index (Phi) is 13.6. The van der Waals surface area contributed by atoms with Crippen LogP contribution in [-0.4, -0.2) is 7.11 Å². The van der Waals surface area contributed by atoms with Gasteiger partial charge in [-0.05, 0) is 6.08 Å². The monoisotopic (exact) mass is 984 g/mol. The first-order chi connectivity index (χ1) is 24.8. The topological polar surface area (TPSA) is 9.23 Å². The van der Waals surface area contributed by atoms with Crippen LogP contribution in [0.4, 0.5) is 0 Å². The first kappa shape index (κ1) is 41.6. The Labute approximate surface area is 416 Å². The molecule has 0 atom stereocenters. The van der Waals surface area contributed by atoms with Crippen molar-refractivity contribution in [2.75, 3.05) is 7.11 Å². The van der Waals surface area contributed by atoms with Gasteiger partial charge in [-0.2, -0.15) is 136 Å². The van der Waals surface area contributed by atoms with Crippen molar-refractivity contribution in [3.63, 3.8) is 0 Å². The van der Waals surface area contributed by atoms with Crippen molar-refractivity contribution in [2.24, 2.45) is 0 Å². The number of hydrogen-bond acceptors (Lipinski definition) is 1. The zero-order valence-corrected chi connectivity index (χ0v) is 40.7. The molecule has 5 heteroatoms. The van der Waals surface area contributed by atoms with Crippen LogP contribution in [-0.2, 0) is 136 Å². The number of rotatable bonds is 2. The van der Waals surface area contributed by atoms with Gasteiger partial charge in [0.2, 0.25) is 0 Å². The van der Waals surface area contributed by atoms with Gasteiger partial charge in [0.05, 0.1) is 13.4 Å². The summed E-state index contributed by atoms with van der Waals surface area (Å²) in [5.74, 6) is 0. The standard InChI is InChI=1S/C25H14O.C24H10.4Y/c1-26-16-15-18-9-6-14-23-22-13-5-8-17-7-4-12-21(24(17)22)19-10-2-3-11-20(19)25(18)23;1-5-15-6-2-10-19-21-12-4-8-17-14-13-16-7-3-11-20(23(16)24(17)21)18(9-1)22(15)19;;;;/h2-9,11,15-16H,1H3;1-8,13-14H;;;;/q2*-4;;;;/b16-15+;;;;;. The average Bonchev–Trinajstić information content (AvgIpc) is 3.39. The Morgan fingerprint density at radius 1 is 0.389 bits per heavy atom. The molecule has 54 heavy (non-hydrogen) atoms. The smallest absolute Gasteiger partial charge is 0.0814 e. The van der Waals surface area contributed by atoms with E-state index in [0.29, 0.717) is 0 Å². The second-order valence-electron chi connectivity index (χ2n) is 12.5. The first-order valence-corrected chi connectivity index (χ1v) is 16.5. The third-order valence-electron chi connectivity index (χ3n) is 9.83. The summed E-state index contributed by atoms with van der Waals surface area (Å²) in [6.45, 7) is 0. The zero-order valence-electron chi connectivity index (χ0n) is 29.3. The predicted molar refractivity (Wildman–Crippen MR) is 204 cm³/mol. The minimum Gasteiger partial charge on any atom is -0.504 e. The van der Waals surface area contributed by atoms with Crippen LogP contribution < -0.4 is 0 Å². The van der Waals surface area contributed by atoms with Crippen molar-refractivity contribution in [2.45, 2.75) is 0 Å². The fraction of sp³-hybridized carbons (Fsp3) is 0.0204. The summed E-state index contributed by atoms with van der Waals surface area (Å²) in [5.41, 5.74) is 12.1. The van der Waals surface area contributed by atoms with Crippen LogP contribution in [0.1, 0.15) is 5.56 Å². The van der Waals surface area contributed by atoms with Crippen LogP contribution in [0.5, 0.6) is 0 Å². The van der Waals surface area contributed by atoms with Crippen LogP contribution in [0.2, 0.25) is 0 Å². The van der Waals surface area contributed by atoms with E-state index in [1.165, 1.54) is 37.7 Å². The van der Waals surface area contributed by atoms with E-state index in [4.69, 9.17) is 4.74 Å². The molecule has 0 spiro atoms. The van der Waals surface area contributed by atoms with Gasteiger partial charge in [0.25, 0.3) is 0 Å². The summed E-state index contributed by atoms with van der Waals surface area (Å²) in [4.78, 5) is 0. The predicted octanol–water partition coefficient (Wildman–Crippen LogP) is 12.0.